The molecule has 0 aromatic carbocycles. The van der Waals surface area contributed by atoms with E-state index >= 15 is 0 Å². The van der Waals surface area contributed by atoms with Crippen molar-refractivity contribution in [2.75, 3.05) is 0 Å². The predicted octanol–water partition coefficient (Wildman–Crippen LogP) is 1.87. The van der Waals surface area contributed by atoms with E-state index in [9.17, 15) is 4.39 Å². The summed E-state index contributed by atoms with van der Waals surface area (Å²) in [5.41, 5.74) is 4.16. The molecule has 2 atom stereocenters. The van der Waals surface area contributed by atoms with Crippen molar-refractivity contribution in [2.45, 2.75) is 44.8 Å². The number of hydrogen-bond donors (Lipinski definition) is 1. The van der Waals surface area contributed by atoms with Crippen LogP contribution in [0.3, 0.4) is 0 Å². The Bertz CT molecular complexity index is 144. The van der Waals surface area contributed by atoms with Crippen LogP contribution in [0.4, 0.5) is 4.39 Å². The smallest absolute Gasteiger partial charge is 0.123 e. The topological polar surface area (TPSA) is 26.0 Å². The quantitative estimate of drug-likeness (QED) is 0.489. The Kier molecular flexibility index (Phi) is 4.14. The molecule has 0 aliphatic heterocycles. The van der Waals surface area contributed by atoms with Gasteiger partial charge in [-0.3, -0.25) is 0 Å². The summed E-state index contributed by atoms with van der Waals surface area (Å²) < 4.78 is 13.3. The highest BCUT2D eigenvalue weighted by Crippen LogP contribution is 2.21. The first-order chi connectivity index (χ1) is 5.00. The summed E-state index contributed by atoms with van der Waals surface area (Å²) in [6.07, 6.45) is 6.83. The first kappa shape index (κ1) is 10.4. The summed E-state index contributed by atoms with van der Waals surface area (Å²) in [7, 11) is 0. The van der Waals surface area contributed by atoms with Crippen molar-refractivity contribution in [3.63, 3.8) is 0 Å². The predicted molar refractivity (Wildman–Crippen MR) is 45.8 cm³/mol. The molecular weight excluding hydrogens is 141 g/mol. The van der Waals surface area contributed by atoms with Gasteiger partial charge in [0, 0.05) is 12.5 Å². The number of halogens is 1. The molecule has 0 amide bonds. The second-order valence-corrected chi connectivity index (χ2v) is 3.12. The van der Waals surface area contributed by atoms with Crippen LogP contribution in [-0.2, 0) is 0 Å². The molecule has 64 valence electrons. The highest BCUT2D eigenvalue weighted by molar-refractivity contribution is 4.87. The van der Waals surface area contributed by atoms with Crippen molar-refractivity contribution >= 4 is 0 Å². The van der Waals surface area contributed by atoms with E-state index in [0.29, 0.717) is 19.3 Å². The van der Waals surface area contributed by atoms with Crippen LogP contribution in [0.1, 0.15) is 33.1 Å². The highest BCUT2D eigenvalue weighted by Gasteiger charge is 2.26. The molecule has 0 aliphatic carbocycles. The number of alkyl halides is 1. The van der Waals surface area contributed by atoms with Gasteiger partial charge in [-0.15, -0.1) is 12.3 Å². The zero-order valence-corrected chi connectivity index (χ0v) is 7.23. The molecule has 0 spiro atoms. The van der Waals surface area contributed by atoms with Crippen LogP contribution < -0.4 is 5.73 Å². The summed E-state index contributed by atoms with van der Waals surface area (Å²) in [5, 5.41) is 0. The third-order valence-electron chi connectivity index (χ3n) is 1.94. The first-order valence-corrected chi connectivity index (χ1v) is 3.88. The van der Waals surface area contributed by atoms with Crippen LogP contribution in [0.2, 0.25) is 0 Å². The van der Waals surface area contributed by atoms with E-state index in [2.05, 4.69) is 5.92 Å². The van der Waals surface area contributed by atoms with Crippen LogP contribution in [-0.4, -0.2) is 11.7 Å². The van der Waals surface area contributed by atoms with Gasteiger partial charge in [0.1, 0.15) is 5.67 Å². The van der Waals surface area contributed by atoms with Gasteiger partial charge in [-0.2, -0.15) is 0 Å². The molecule has 0 heterocycles. The van der Waals surface area contributed by atoms with Crippen molar-refractivity contribution in [3.05, 3.63) is 0 Å². The largest absolute Gasteiger partial charge is 0.325 e. The molecule has 2 heteroatoms. The molecule has 0 aliphatic rings. The van der Waals surface area contributed by atoms with Gasteiger partial charge in [-0.1, -0.05) is 0 Å². The number of unbranched alkanes of at least 4 members (excludes halogenated alkanes) is 1. The Hall–Kier alpha value is -0.550. The average molecular weight is 157 g/mol. The summed E-state index contributed by atoms with van der Waals surface area (Å²) in [6, 6.07) is -0.416. The van der Waals surface area contributed by atoms with E-state index in [1.54, 1.807) is 6.92 Å². The van der Waals surface area contributed by atoms with E-state index < -0.39 is 11.7 Å². The maximum atomic E-state index is 13.3. The Morgan fingerprint density at radius 1 is 1.73 bits per heavy atom. The molecule has 1 nitrogen and oxygen atoms in total. The van der Waals surface area contributed by atoms with Gasteiger partial charge < -0.3 is 5.73 Å². The molecule has 0 aromatic rings. The second-order valence-electron chi connectivity index (χ2n) is 3.12. The third-order valence-corrected chi connectivity index (χ3v) is 1.94. The molecule has 2 unspecified atom stereocenters. The Morgan fingerprint density at radius 3 is 2.64 bits per heavy atom. The maximum absolute atomic E-state index is 13.3. The monoisotopic (exact) mass is 157 g/mol. The van der Waals surface area contributed by atoms with Crippen LogP contribution in [0, 0.1) is 12.3 Å². The van der Waals surface area contributed by atoms with E-state index in [1.807, 2.05) is 0 Å². The minimum Gasteiger partial charge on any atom is -0.325 e. The van der Waals surface area contributed by atoms with Crippen LogP contribution in [0.25, 0.3) is 0 Å². The number of rotatable bonds is 4. The fourth-order valence-corrected chi connectivity index (χ4v) is 0.764. The van der Waals surface area contributed by atoms with Crippen LogP contribution in [0.15, 0.2) is 0 Å². The molecule has 2 N–H and O–H groups in total. The molecule has 0 fully saturated rings. The molecule has 0 saturated heterocycles. The first-order valence-electron chi connectivity index (χ1n) is 3.88. The molecule has 0 bridgehead atoms. The molecular formula is C9H16FN. The van der Waals surface area contributed by atoms with Gasteiger partial charge in [0.2, 0.25) is 0 Å². The highest BCUT2D eigenvalue weighted by atomic mass is 19.1. The standard InChI is InChI=1S/C9H16FN/c1-4-5-6-7-9(3,10)8(2)11/h1,8H,5-7,11H2,2-3H3. The number of terminal acetylenes is 1. The summed E-state index contributed by atoms with van der Waals surface area (Å²) in [6.45, 7) is 3.20. The third kappa shape index (κ3) is 4.00. The summed E-state index contributed by atoms with van der Waals surface area (Å²) in [4.78, 5) is 0. The molecule has 0 rings (SSSR count). The lowest BCUT2D eigenvalue weighted by Gasteiger charge is -2.23. The lowest BCUT2D eigenvalue weighted by Crippen LogP contribution is -2.39. The lowest BCUT2D eigenvalue weighted by molar-refractivity contribution is 0.141. The van der Waals surface area contributed by atoms with Crippen molar-refractivity contribution in [3.8, 4) is 12.3 Å². The molecule has 11 heavy (non-hydrogen) atoms. The maximum Gasteiger partial charge on any atom is 0.123 e. The minimum atomic E-state index is -1.27. The van der Waals surface area contributed by atoms with E-state index in [0.717, 1.165) is 0 Å². The lowest BCUT2D eigenvalue weighted by atomic mass is 9.94. The number of hydrogen-bond acceptors (Lipinski definition) is 1. The van der Waals surface area contributed by atoms with E-state index in [1.165, 1.54) is 6.92 Å². The zero-order valence-electron chi connectivity index (χ0n) is 7.23. The Labute approximate surface area is 68.2 Å². The van der Waals surface area contributed by atoms with Gasteiger partial charge in [-0.25, -0.2) is 4.39 Å². The fraction of sp³-hybridized carbons (Fsp3) is 0.778. The van der Waals surface area contributed by atoms with Gasteiger partial charge >= 0.3 is 0 Å². The van der Waals surface area contributed by atoms with E-state index in [-0.39, 0.29) is 0 Å². The summed E-state index contributed by atoms with van der Waals surface area (Å²) in [5.74, 6) is 2.47. The zero-order chi connectivity index (χ0) is 8.91. The van der Waals surface area contributed by atoms with Crippen molar-refractivity contribution in [1.29, 1.82) is 0 Å². The molecule has 0 radical (unpaired) electrons. The van der Waals surface area contributed by atoms with Crippen molar-refractivity contribution in [2.24, 2.45) is 5.73 Å². The fourth-order valence-electron chi connectivity index (χ4n) is 0.764. The summed E-state index contributed by atoms with van der Waals surface area (Å²) >= 11 is 0. The molecule has 0 aromatic heterocycles. The number of nitrogens with two attached hydrogens (primary N) is 1. The second kappa shape index (κ2) is 4.35. The SMILES string of the molecule is C#CCCCC(C)(F)C(C)N. The van der Waals surface area contributed by atoms with E-state index in [4.69, 9.17) is 12.2 Å². The average Bonchev–Trinajstić information content (AvgIpc) is 1.88. The van der Waals surface area contributed by atoms with Gasteiger partial charge in [0.05, 0.1) is 0 Å². The molecule has 0 saturated carbocycles. The normalized spacial score (nSPS) is 18.5. The van der Waals surface area contributed by atoms with Crippen LogP contribution in [0.5, 0.6) is 0 Å². The van der Waals surface area contributed by atoms with Gasteiger partial charge in [0.25, 0.3) is 0 Å². The van der Waals surface area contributed by atoms with Gasteiger partial charge in [-0.05, 0) is 26.7 Å². The minimum absolute atomic E-state index is 0.416. The Balaban J connectivity index is 3.66. The van der Waals surface area contributed by atoms with Crippen molar-refractivity contribution in [1.82, 2.24) is 0 Å². The Morgan fingerprint density at radius 2 is 2.27 bits per heavy atom. The van der Waals surface area contributed by atoms with Gasteiger partial charge in [0.15, 0.2) is 0 Å². The van der Waals surface area contributed by atoms with Crippen LogP contribution >= 0.6 is 0 Å². The van der Waals surface area contributed by atoms with Crippen molar-refractivity contribution < 1.29 is 4.39 Å².